The normalized spacial score (nSPS) is 10.5. The van der Waals surface area contributed by atoms with Gasteiger partial charge >= 0.3 is 0 Å². The third kappa shape index (κ3) is 2.05. The molecule has 0 amide bonds. The monoisotopic (exact) mass is 203 g/mol. The number of nitrogens with zero attached hydrogens (tertiary/aromatic N) is 3. The largest absolute Gasteiger partial charge is 0.396 e. The lowest BCUT2D eigenvalue weighted by Crippen LogP contribution is -1.99. The van der Waals surface area contributed by atoms with Crippen LogP contribution < -0.4 is 0 Å². The summed E-state index contributed by atoms with van der Waals surface area (Å²) >= 11 is 0. The zero-order chi connectivity index (χ0) is 10.7. The van der Waals surface area contributed by atoms with Crippen LogP contribution in [0, 0.1) is 0 Å². The molecule has 0 radical (unpaired) electrons. The summed E-state index contributed by atoms with van der Waals surface area (Å²) in [7, 11) is 1.92. The summed E-state index contributed by atoms with van der Waals surface area (Å²) in [4.78, 5) is 8.64. The van der Waals surface area contributed by atoms with Crippen LogP contribution in [0.15, 0.2) is 30.6 Å². The van der Waals surface area contributed by atoms with Gasteiger partial charge in [0, 0.05) is 25.9 Å². The van der Waals surface area contributed by atoms with Crippen molar-refractivity contribution in [3.63, 3.8) is 0 Å². The van der Waals surface area contributed by atoms with Crippen molar-refractivity contribution in [3.8, 4) is 11.4 Å². The fraction of sp³-hybridized carbons (Fsp3) is 0.273. The maximum absolute atomic E-state index is 8.86. The molecule has 0 unspecified atom stereocenters. The van der Waals surface area contributed by atoms with Gasteiger partial charge in [0.25, 0.3) is 0 Å². The maximum atomic E-state index is 8.86. The molecule has 0 saturated carbocycles. The minimum absolute atomic E-state index is 0.118. The highest BCUT2D eigenvalue weighted by Gasteiger charge is 2.06. The van der Waals surface area contributed by atoms with Crippen molar-refractivity contribution in [2.45, 2.75) is 6.42 Å². The van der Waals surface area contributed by atoms with Crippen LogP contribution in [0.3, 0.4) is 0 Å². The van der Waals surface area contributed by atoms with Crippen LogP contribution in [0.1, 0.15) is 5.82 Å². The first-order chi connectivity index (χ1) is 7.31. The van der Waals surface area contributed by atoms with E-state index in [0.29, 0.717) is 6.42 Å². The van der Waals surface area contributed by atoms with Crippen LogP contribution >= 0.6 is 0 Å². The van der Waals surface area contributed by atoms with E-state index in [2.05, 4.69) is 9.97 Å². The number of aryl methyl sites for hydroxylation is 1. The second-order valence-corrected chi connectivity index (χ2v) is 3.34. The van der Waals surface area contributed by atoms with Crippen LogP contribution in [-0.4, -0.2) is 26.2 Å². The van der Waals surface area contributed by atoms with Crippen LogP contribution in [0.25, 0.3) is 11.4 Å². The van der Waals surface area contributed by atoms with Gasteiger partial charge in [-0.05, 0) is 12.1 Å². The van der Waals surface area contributed by atoms with Gasteiger partial charge in [-0.1, -0.05) is 6.07 Å². The molecule has 0 aromatic carbocycles. The van der Waals surface area contributed by atoms with Gasteiger partial charge in [0.05, 0.1) is 12.3 Å². The van der Waals surface area contributed by atoms with Crippen molar-refractivity contribution < 1.29 is 5.11 Å². The van der Waals surface area contributed by atoms with Gasteiger partial charge in [0.1, 0.15) is 11.5 Å². The Balaban J connectivity index is 2.34. The van der Waals surface area contributed by atoms with E-state index in [1.165, 1.54) is 0 Å². The summed E-state index contributed by atoms with van der Waals surface area (Å²) in [5.41, 5.74) is 1.71. The van der Waals surface area contributed by atoms with E-state index in [0.717, 1.165) is 17.2 Å². The average Bonchev–Trinajstić information content (AvgIpc) is 2.63. The summed E-state index contributed by atoms with van der Waals surface area (Å²) in [5, 5.41) is 8.86. The molecule has 0 saturated heterocycles. The molecule has 0 spiro atoms. The van der Waals surface area contributed by atoms with Crippen molar-refractivity contribution in [3.05, 3.63) is 36.4 Å². The Bertz CT molecular complexity index is 436. The van der Waals surface area contributed by atoms with Crippen molar-refractivity contribution in [2.24, 2.45) is 7.05 Å². The lowest BCUT2D eigenvalue weighted by Gasteiger charge is -1.95. The number of aliphatic hydroxyl groups excluding tert-OH is 1. The summed E-state index contributed by atoms with van der Waals surface area (Å²) in [6.07, 6.45) is 4.24. The Morgan fingerprint density at radius 3 is 2.87 bits per heavy atom. The van der Waals surface area contributed by atoms with Crippen molar-refractivity contribution in [2.75, 3.05) is 6.61 Å². The highest BCUT2D eigenvalue weighted by Crippen LogP contribution is 2.14. The van der Waals surface area contributed by atoms with Gasteiger partial charge in [0.2, 0.25) is 0 Å². The number of aliphatic hydroxyl groups is 1. The molecule has 0 aliphatic carbocycles. The van der Waals surface area contributed by atoms with Crippen LogP contribution in [-0.2, 0) is 13.5 Å². The molecule has 4 nitrogen and oxygen atoms in total. The van der Waals surface area contributed by atoms with Crippen molar-refractivity contribution in [1.82, 2.24) is 14.5 Å². The molecule has 2 aromatic heterocycles. The van der Waals surface area contributed by atoms with Gasteiger partial charge in [-0.25, -0.2) is 4.98 Å². The first-order valence-electron chi connectivity index (χ1n) is 4.86. The van der Waals surface area contributed by atoms with E-state index in [9.17, 15) is 0 Å². The second kappa shape index (κ2) is 4.23. The first-order valence-corrected chi connectivity index (χ1v) is 4.86. The fourth-order valence-corrected chi connectivity index (χ4v) is 1.47. The van der Waals surface area contributed by atoms with Crippen LogP contribution in [0.5, 0.6) is 0 Å². The second-order valence-electron chi connectivity index (χ2n) is 3.34. The predicted octanol–water partition coefficient (Wildman–Crippen LogP) is 1.02. The number of pyridine rings is 1. The van der Waals surface area contributed by atoms with E-state index in [4.69, 9.17) is 5.11 Å². The lowest BCUT2D eigenvalue weighted by atomic mass is 10.3. The Morgan fingerprint density at radius 2 is 2.20 bits per heavy atom. The number of rotatable bonds is 3. The molecule has 15 heavy (non-hydrogen) atoms. The highest BCUT2D eigenvalue weighted by atomic mass is 16.3. The summed E-state index contributed by atoms with van der Waals surface area (Å²) < 4.78 is 1.92. The third-order valence-electron chi connectivity index (χ3n) is 2.24. The SMILES string of the molecule is Cn1cc(-c2ccccn2)nc1CCO. The molecule has 0 aliphatic heterocycles. The number of hydrogen-bond acceptors (Lipinski definition) is 3. The summed E-state index contributed by atoms with van der Waals surface area (Å²) in [6.45, 7) is 0.118. The van der Waals surface area contributed by atoms with E-state index >= 15 is 0 Å². The molecule has 0 fully saturated rings. The molecule has 2 aromatic rings. The molecule has 0 atom stereocenters. The van der Waals surface area contributed by atoms with Gasteiger partial charge < -0.3 is 9.67 Å². The molecule has 2 rings (SSSR count). The van der Waals surface area contributed by atoms with E-state index in [-0.39, 0.29) is 6.61 Å². The molecule has 4 heteroatoms. The number of hydrogen-bond donors (Lipinski definition) is 1. The zero-order valence-electron chi connectivity index (χ0n) is 8.59. The van der Waals surface area contributed by atoms with Gasteiger partial charge in [-0.2, -0.15) is 0 Å². The summed E-state index contributed by atoms with van der Waals surface area (Å²) in [6, 6.07) is 5.73. The quantitative estimate of drug-likeness (QED) is 0.810. The minimum Gasteiger partial charge on any atom is -0.396 e. The Hall–Kier alpha value is -1.68. The maximum Gasteiger partial charge on any atom is 0.111 e. The van der Waals surface area contributed by atoms with Crippen LogP contribution in [0.2, 0.25) is 0 Å². The number of imidazole rings is 1. The minimum atomic E-state index is 0.118. The molecule has 0 bridgehead atoms. The average molecular weight is 203 g/mol. The smallest absolute Gasteiger partial charge is 0.111 e. The molecule has 78 valence electrons. The first kappa shape index (κ1) is 9.86. The third-order valence-corrected chi connectivity index (χ3v) is 2.24. The van der Waals surface area contributed by atoms with Gasteiger partial charge in [-0.3, -0.25) is 4.98 Å². The zero-order valence-corrected chi connectivity index (χ0v) is 8.59. The molecular formula is C11H13N3O. The lowest BCUT2D eigenvalue weighted by molar-refractivity contribution is 0.295. The summed E-state index contributed by atoms with van der Waals surface area (Å²) in [5.74, 6) is 0.873. The number of aromatic nitrogens is 3. The van der Waals surface area contributed by atoms with Gasteiger partial charge in [0.15, 0.2) is 0 Å². The van der Waals surface area contributed by atoms with Gasteiger partial charge in [-0.15, -0.1) is 0 Å². The van der Waals surface area contributed by atoms with Crippen LogP contribution in [0.4, 0.5) is 0 Å². The van der Waals surface area contributed by atoms with Crippen molar-refractivity contribution >= 4 is 0 Å². The molecular weight excluding hydrogens is 190 g/mol. The van der Waals surface area contributed by atoms with Crippen molar-refractivity contribution in [1.29, 1.82) is 0 Å². The Kier molecular flexibility index (Phi) is 2.78. The molecule has 1 N–H and O–H groups in total. The molecule has 0 aliphatic rings. The topological polar surface area (TPSA) is 50.9 Å². The molecule has 2 heterocycles. The Morgan fingerprint density at radius 1 is 1.33 bits per heavy atom. The van der Waals surface area contributed by atoms with E-state index in [1.807, 2.05) is 36.0 Å². The highest BCUT2D eigenvalue weighted by molar-refractivity contribution is 5.52. The van der Waals surface area contributed by atoms with E-state index < -0.39 is 0 Å². The predicted molar refractivity (Wildman–Crippen MR) is 57.2 cm³/mol. The van der Waals surface area contributed by atoms with E-state index in [1.54, 1.807) is 6.20 Å². The fourth-order valence-electron chi connectivity index (χ4n) is 1.47. The standard InChI is InChI=1S/C11H13N3O/c1-14-8-10(13-11(14)5-7-15)9-4-2-3-6-12-9/h2-4,6,8,15H,5,7H2,1H3. The Labute approximate surface area is 88.2 Å².